The normalized spacial score (nSPS) is 19.5. The van der Waals surface area contributed by atoms with Gasteiger partial charge in [0.05, 0.1) is 5.36 Å². The number of amidine groups is 1. The average molecular weight is 330 g/mol. The second kappa shape index (κ2) is 7.17. The van der Waals surface area contributed by atoms with Gasteiger partial charge < -0.3 is 0 Å². The molecule has 1 unspecified atom stereocenters. The lowest BCUT2D eigenvalue weighted by Gasteiger charge is -2.32. The van der Waals surface area contributed by atoms with E-state index in [1.165, 1.54) is 19.3 Å². The highest BCUT2D eigenvalue weighted by Gasteiger charge is 2.31. The Bertz CT molecular complexity index is 743. The topological polar surface area (TPSA) is 57.1 Å². The van der Waals surface area contributed by atoms with E-state index >= 15 is 0 Å². The van der Waals surface area contributed by atoms with E-state index in [1.807, 2.05) is 31.2 Å². The van der Waals surface area contributed by atoms with Crippen LogP contribution in [-0.2, 0) is 4.79 Å². The van der Waals surface area contributed by atoms with Crippen molar-refractivity contribution in [2.24, 2.45) is 10.1 Å². The van der Waals surface area contributed by atoms with E-state index in [1.54, 1.807) is 16.8 Å². The van der Waals surface area contributed by atoms with Crippen molar-refractivity contribution < 1.29 is 4.79 Å². The van der Waals surface area contributed by atoms with Crippen LogP contribution in [-0.4, -0.2) is 28.0 Å². The Morgan fingerprint density at radius 1 is 1.26 bits per heavy atom. The highest BCUT2D eigenvalue weighted by atomic mass is 32.2. The number of amides is 1. The van der Waals surface area contributed by atoms with Gasteiger partial charge in [-0.3, -0.25) is 15.1 Å². The first-order valence-electron chi connectivity index (χ1n) is 8.20. The van der Waals surface area contributed by atoms with Gasteiger partial charge in [-0.1, -0.05) is 56.1 Å². The minimum atomic E-state index is -0.165. The Morgan fingerprint density at radius 3 is 2.91 bits per heavy atom. The number of unbranched alkanes of at least 4 members (excludes halogenated alkanes) is 3. The van der Waals surface area contributed by atoms with E-state index in [2.05, 4.69) is 22.3 Å². The predicted octanol–water partition coefficient (Wildman–Crippen LogP) is 1.79. The van der Waals surface area contributed by atoms with Crippen LogP contribution >= 0.6 is 11.8 Å². The van der Waals surface area contributed by atoms with Crippen molar-refractivity contribution in [3.63, 3.8) is 0 Å². The van der Waals surface area contributed by atoms with E-state index in [9.17, 15) is 4.79 Å². The number of fused-ring (bicyclic) bond motifs is 2. The minimum Gasteiger partial charge on any atom is -0.298 e. The molecule has 0 radical (unpaired) electrons. The number of hydrazone groups is 1. The van der Waals surface area contributed by atoms with Gasteiger partial charge in [0.25, 0.3) is 5.91 Å². The van der Waals surface area contributed by atoms with Crippen LogP contribution in [0.15, 0.2) is 34.4 Å². The summed E-state index contributed by atoms with van der Waals surface area (Å²) in [7, 11) is 0. The Morgan fingerprint density at radius 2 is 2.09 bits per heavy atom. The summed E-state index contributed by atoms with van der Waals surface area (Å²) in [6, 6.07) is 7.72. The maximum atomic E-state index is 12.6. The summed E-state index contributed by atoms with van der Waals surface area (Å²) in [5, 5.41) is 11.6. The van der Waals surface area contributed by atoms with Crippen molar-refractivity contribution in [3.05, 3.63) is 34.8 Å². The number of benzene rings is 1. The number of hydrogen-bond acceptors (Lipinski definition) is 5. The molecule has 6 heteroatoms. The second-order valence-electron chi connectivity index (χ2n) is 5.74. The molecule has 0 bridgehead atoms. The molecule has 1 aromatic carbocycles. The van der Waals surface area contributed by atoms with E-state index in [0.29, 0.717) is 10.9 Å². The molecule has 3 rings (SSSR count). The van der Waals surface area contributed by atoms with Gasteiger partial charge in [0, 0.05) is 11.0 Å². The fourth-order valence-corrected chi connectivity index (χ4v) is 3.61. The number of nitrogens with one attached hydrogen (secondary N) is 1. The van der Waals surface area contributed by atoms with Crippen LogP contribution < -0.4 is 15.9 Å². The Hall–Kier alpha value is -1.82. The highest BCUT2D eigenvalue weighted by molar-refractivity contribution is 8.13. The highest BCUT2D eigenvalue weighted by Crippen LogP contribution is 2.20. The second-order valence-corrected chi connectivity index (χ2v) is 6.82. The fourth-order valence-electron chi connectivity index (χ4n) is 2.75. The zero-order valence-electron chi connectivity index (χ0n) is 13.6. The molecule has 1 atom stereocenters. The summed E-state index contributed by atoms with van der Waals surface area (Å²) in [6.45, 7) is 4.16. The summed E-state index contributed by atoms with van der Waals surface area (Å²) >= 11 is 1.61. The number of carbonyl (C=O) groups is 1. The van der Waals surface area contributed by atoms with Gasteiger partial charge in [-0.25, -0.2) is 5.01 Å². The zero-order chi connectivity index (χ0) is 16.2. The van der Waals surface area contributed by atoms with Crippen molar-refractivity contribution in [3.8, 4) is 0 Å². The van der Waals surface area contributed by atoms with Crippen LogP contribution in [0.4, 0.5) is 0 Å². The third kappa shape index (κ3) is 3.42. The molecular formula is C17H22N4OS. The SMILES string of the molecule is CCCCCCSC1=NN2C(=c3ccccc3=NC2C)C(=O)N1. The van der Waals surface area contributed by atoms with Crippen molar-refractivity contribution in [1.82, 2.24) is 10.3 Å². The van der Waals surface area contributed by atoms with Gasteiger partial charge in [0.2, 0.25) is 0 Å². The third-order valence-electron chi connectivity index (χ3n) is 3.94. The number of nitrogens with zero attached hydrogens (tertiary/aromatic N) is 3. The Kier molecular flexibility index (Phi) is 5.00. The van der Waals surface area contributed by atoms with Crippen LogP contribution in [0.25, 0.3) is 5.70 Å². The maximum Gasteiger partial charge on any atom is 0.276 e. The van der Waals surface area contributed by atoms with Crippen LogP contribution in [0.5, 0.6) is 0 Å². The van der Waals surface area contributed by atoms with Gasteiger partial charge in [0.15, 0.2) is 5.17 Å². The van der Waals surface area contributed by atoms with Crippen molar-refractivity contribution in [2.75, 3.05) is 5.75 Å². The molecule has 0 aromatic heterocycles. The monoisotopic (exact) mass is 330 g/mol. The molecular weight excluding hydrogens is 308 g/mol. The largest absolute Gasteiger partial charge is 0.298 e. The molecule has 2 aliphatic rings. The molecule has 1 amide bonds. The van der Waals surface area contributed by atoms with Gasteiger partial charge in [0.1, 0.15) is 11.9 Å². The van der Waals surface area contributed by atoms with Gasteiger partial charge in [-0.15, -0.1) is 5.10 Å². The predicted molar refractivity (Wildman–Crippen MR) is 94.1 cm³/mol. The van der Waals surface area contributed by atoms with Crippen molar-refractivity contribution in [2.45, 2.75) is 45.7 Å². The number of hydrogen-bond donors (Lipinski definition) is 1. The number of rotatable bonds is 5. The molecule has 0 saturated carbocycles. The summed E-state index contributed by atoms with van der Waals surface area (Å²) in [5.74, 6) is 0.884. The van der Waals surface area contributed by atoms with Gasteiger partial charge in [-0.2, -0.15) is 0 Å². The van der Waals surface area contributed by atoms with Crippen LogP contribution in [0.1, 0.15) is 39.5 Å². The average Bonchev–Trinajstić information content (AvgIpc) is 2.55. The quantitative estimate of drug-likeness (QED) is 0.838. The summed E-state index contributed by atoms with van der Waals surface area (Å²) in [4.78, 5) is 17.2. The Balaban J connectivity index is 1.81. The fraction of sp³-hybridized carbons (Fsp3) is 0.471. The van der Waals surface area contributed by atoms with E-state index in [0.717, 1.165) is 22.7 Å². The molecule has 2 heterocycles. The number of carbonyl (C=O) groups excluding carboxylic acids is 1. The molecule has 0 saturated heterocycles. The minimum absolute atomic E-state index is 0.0924. The first-order valence-corrected chi connectivity index (χ1v) is 9.18. The standard InChI is InChI=1S/C17H22N4OS/c1-3-4-5-8-11-23-17-19-16(22)15-13-9-6-7-10-14(13)18-12(2)21(15)20-17/h6-7,9-10,12H,3-5,8,11H2,1-2H3,(H,19,20,22). The first-order chi connectivity index (χ1) is 11.2. The Labute approximate surface area is 140 Å². The summed E-state index contributed by atoms with van der Waals surface area (Å²) < 4.78 is 0. The molecule has 0 spiro atoms. The molecule has 0 fully saturated rings. The van der Waals surface area contributed by atoms with Crippen molar-refractivity contribution in [1.29, 1.82) is 0 Å². The molecule has 23 heavy (non-hydrogen) atoms. The molecule has 1 N–H and O–H groups in total. The summed E-state index contributed by atoms with van der Waals surface area (Å²) in [6.07, 6.45) is 4.70. The lowest BCUT2D eigenvalue weighted by atomic mass is 10.2. The van der Waals surface area contributed by atoms with Crippen LogP contribution in [0.2, 0.25) is 0 Å². The molecule has 122 valence electrons. The first kappa shape index (κ1) is 16.1. The van der Waals surface area contributed by atoms with Crippen LogP contribution in [0, 0.1) is 0 Å². The van der Waals surface area contributed by atoms with Crippen LogP contribution in [0.3, 0.4) is 0 Å². The molecule has 1 aromatic rings. The lowest BCUT2D eigenvalue weighted by Crippen LogP contribution is -2.51. The lowest BCUT2D eigenvalue weighted by molar-refractivity contribution is -0.116. The molecule has 0 aliphatic carbocycles. The van der Waals surface area contributed by atoms with Gasteiger partial charge >= 0.3 is 0 Å². The van der Waals surface area contributed by atoms with E-state index in [4.69, 9.17) is 0 Å². The zero-order valence-corrected chi connectivity index (χ0v) is 14.4. The maximum absolute atomic E-state index is 12.6. The van der Waals surface area contributed by atoms with E-state index < -0.39 is 0 Å². The number of para-hydroxylation sites is 1. The smallest absolute Gasteiger partial charge is 0.276 e. The van der Waals surface area contributed by atoms with Crippen molar-refractivity contribution >= 4 is 28.5 Å². The summed E-state index contributed by atoms with van der Waals surface area (Å²) in [5.41, 5.74) is 0.596. The molecule has 5 nitrogen and oxygen atoms in total. The number of thioether (sulfide) groups is 1. The van der Waals surface area contributed by atoms with E-state index in [-0.39, 0.29) is 12.1 Å². The molecule has 2 aliphatic heterocycles. The third-order valence-corrected chi connectivity index (χ3v) is 4.89. The van der Waals surface area contributed by atoms with Gasteiger partial charge in [-0.05, 0) is 19.4 Å².